The van der Waals surface area contributed by atoms with Gasteiger partial charge in [-0.05, 0) is 48.3 Å². The van der Waals surface area contributed by atoms with Gasteiger partial charge < -0.3 is 10.3 Å². The average Bonchev–Trinajstić information content (AvgIpc) is 3.30. The second-order valence-electron chi connectivity index (χ2n) is 6.76. The summed E-state index contributed by atoms with van der Waals surface area (Å²) in [6.07, 6.45) is 2.86. The number of thioether (sulfide) groups is 1. The number of carbonyl (C=O) groups excluding carboxylic acids is 3. The summed E-state index contributed by atoms with van der Waals surface area (Å²) < 4.78 is 15.8. The average molecular weight is 469 g/mol. The monoisotopic (exact) mass is 468 g/mol. The lowest BCUT2D eigenvalue weighted by molar-refractivity contribution is -0.122. The van der Waals surface area contributed by atoms with Crippen molar-refractivity contribution < 1.29 is 18.8 Å². The number of carbonyl (C=O) groups is 3. The zero-order valence-corrected chi connectivity index (χ0v) is 18.2. The fourth-order valence-corrected chi connectivity index (χ4v) is 4.29. The first kappa shape index (κ1) is 21.7. The largest absolute Gasteiger partial charge is 0.349 e. The van der Waals surface area contributed by atoms with Gasteiger partial charge in [0.15, 0.2) is 4.77 Å². The highest BCUT2D eigenvalue weighted by Gasteiger charge is 2.34. The summed E-state index contributed by atoms with van der Waals surface area (Å²) in [6.45, 7) is 0.0398. The lowest BCUT2D eigenvalue weighted by atomic mass is 10.2. The van der Waals surface area contributed by atoms with Crippen LogP contribution in [0.3, 0.4) is 0 Å². The molecule has 1 saturated heterocycles. The third kappa shape index (κ3) is 4.41. The van der Waals surface area contributed by atoms with Crippen LogP contribution in [-0.4, -0.2) is 44.6 Å². The van der Waals surface area contributed by atoms with Gasteiger partial charge in [-0.15, -0.1) is 0 Å². The van der Waals surface area contributed by atoms with Crippen molar-refractivity contribution in [3.63, 3.8) is 0 Å². The number of aromatic nitrogens is 2. The van der Waals surface area contributed by atoms with Crippen molar-refractivity contribution in [1.82, 2.24) is 19.8 Å². The number of benzene rings is 2. The third-order valence-electron chi connectivity index (χ3n) is 4.71. The molecule has 3 amide bonds. The normalized spacial score (nSPS) is 14.9. The van der Waals surface area contributed by atoms with Gasteiger partial charge in [-0.1, -0.05) is 36.4 Å². The molecule has 0 aliphatic carbocycles. The Bertz CT molecular complexity index is 1280. The first-order valence-corrected chi connectivity index (χ1v) is 10.8. The Labute approximate surface area is 191 Å². The molecule has 0 atom stereocenters. The molecule has 0 spiro atoms. The molecule has 3 aromatic rings. The Morgan fingerprint density at radius 3 is 2.59 bits per heavy atom. The van der Waals surface area contributed by atoms with E-state index >= 15 is 0 Å². The Kier molecular flexibility index (Phi) is 6.33. The summed E-state index contributed by atoms with van der Waals surface area (Å²) in [4.78, 5) is 41.5. The van der Waals surface area contributed by atoms with Crippen LogP contribution >= 0.6 is 24.0 Å². The van der Waals surface area contributed by atoms with Crippen molar-refractivity contribution in [2.75, 3.05) is 13.1 Å². The second kappa shape index (κ2) is 9.33. The number of halogens is 1. The van der Waals surface area contributed by atoms with E-state index in [0.29, 0.717) is 10.5 Å². The summed E-state index contributed by atoms with van der Waals surface area (Å²) in [6, 6.07) is 15.2. The van der Waals surface area contributed by atoms with Crippen LogP contribution in [0.5, 0.6) is 0 Å². The molecule has 1 aromatic heterocycles. The van der Waals surface area contributed by atoms with Gasteiger partial charge in [-0.2, -0.15) is 0 Å². The van der Waals surface area contributed by atoms with Crippen LogP contribution in [0.15, 0.2) is 65.7 Å². The second-order valence-corrected chi connectivity index (χ2v) is 8.14. The highest BCUT2D eigenvalue weighted by atomic mass is 32.2. The predicted molar refractivity (Wildman–Crippen MR) is 122 cm³/mol. The van der Waals surface area contributed by atoms with Crippen molar-refractivity contribution in [3.05, 3.63) is 87.5 Å². The molecular weight excluding hydrogens is 451 g/mol. The molecule has 10 heteroatoms. The fourth-order valence-electron chi connectivity index (χ4n) is 3.17. The number of para-hydroxylation sites is 1. The van der Waals surface area contributed by atoms with Gasteiger partial charge in [-0.3, -0.25) is 23.9 Å². The molecule has 2 aromatic carbocycles. The minimum atomic E-state index is -0.522. The lowest BCUT2D eigenvalue weighted by Crippen LogP contribution is -2.37. The van der Waals surface area contributed by atoms with Crippen LogP contribution in [0.1, 0.15) is 16.1 Å². The van der Waals surface area contributed by atoms with Gasteiger partial charge in [0.05, 0.1) is 4.91 Å². The van der Waals surface area contributed by atoms with Crippen molar-refractivity contribution in [2.24, 2.45) is 0 Å². The number of aromatic amines is 1. The summed E-state index contributed by atoms with van der Waals surface area (Å²) in [7, 11) is 0. The maximum Gasteiger partial charge on any atom is 0.293 e. The Balaban J connectivity index is 1.42. The summed E-state index contributed by atoms with van der Waals surface area (Å²) in [5.74, 6) is -1.41. The molecule has 0 unspecified atom stereocenters. The molecule has 4 rings (SSSR count). The highest BCUT2D eigenvalue weighted by molar-refractivity contribution is 8.18. The first-order chi connectivity index (χ1) is 15.5. The topological polar surface area (TPSA) is 87.2 Å². The highest BCUT2D eigenvalue weighted by Crippen LogP contribution is 2.32. The number of amides is 3. The molecule has 7 nitrogen and oxygen atoms in total. The van der Waals surface area contributed by atoms with Crippen molar-refractivity contribution in [1.29, 1.82) is 0 Å². The van der Waals surface area contributed by atoms with Gasteiger partial charge in [0.2, 0.25) is 0 Å². The standard InChI is InChI=1S/C22H17FN4O3S2/c23-16-9-5-4-6-14(16)12-18-20(29)26(22(30)32-18)11-10-24-19(28)17-13-25-21(31)27(17)15-7-2-1-3-8-15/h1-9,12-13H,10-11H2,(H,24,28)(H,25,31)/b18-12-. The predicted octanol–water partition coefficient (Wildman–Crippen LogP) is 4.14. The lowest BCUT2D eigenvalue weighted by Gasteiger charge is -2.13. The van der Waals surface area contributed by atoms with Crippen LogP contribution in [0.25, 0.3) is 11.8 Å². The zero-order chi connectivity index (χ0) is 22.7. The van der Waals surface area contributed by atoms with E-state index in [2.05, 4.69) is 10.3 Å². The molecule has 2 heterocycles. The number of hydrogen-bond acceptors (Lipinski definition) is 5. The molecule has 0 radical (unpaired) electrons. The van der Waals surface area contributed by atoms with E-state index in [1.807, 2.05) is 30.3 Å². The molecule has 1 aliphatic rings. The Hall–Kier alpha value is -3.50. The van der Waals surface area contributed by atoms with E-state index < -0.39 is 22.9 Å². The number of imide groups is 1. The number of nitrogens with zero attached hydrogens (tertiary/aromatic N) is 2. The van der Waals surface area contributed by atoms with Gasteiger partial charge >= 0.3 is 0 Å². The first-order valence-electron chi connectivity index (χ1n) is 9.59. The third-order valence-corrected chi connectivity index (χ3v) is 5.92. The van der Waals surface area contributed by atoms with Crippen LogP contribution in [0.4, 0.5) is 9.18 Å². The molecule has 162 valence electrons. The van der Waals surface area contributed by atoms with Crippen molar-refractivity contribution in [3.8, 4) is 5.69 Å². The maximum atomic E-state index is 13.9. The fraction of sp³-hybridized carbons (Fsp3) is 0.0909. The molecule has 0 saturated carbocycles. The van der Waals surface area contributed by atoms with E-state index in [4.69, 9.17) is 12.2 Å². The van der Waals surface area contributed by atoms with E-state index in [1.165, 1.54) is 24.4 Å². The molecule has 2 N–H and O–H groups in total. The van der Waals surface area contributed by atoms with Gasteiger partial charge in [0, 0.05) is 30.5 Å². The van der Waals surface area contributed by atoms with Crippen LogP contribution in [0, 0.1) is 10.6 Å². The number of H-pyrrole nitrogens is 1. The van der Waals surface area contributed by atoms with Gasteiger partial charge in [0.25, 0.3) is 17.1 Å². The van der Waals surface area contributed by atoms with Crippen LogP contribution < -0.4 is 5.32 Å². The summed E-state index contributed by atoms with van der Waals surface area (Å²) in [5, 5.41) is 2.23. The zero-order valence-electron chi connectivity index (χ0n) is 16.6. The number of imidazole rings is 1. The van der Waals surface area contributed by atoms with Crippen molar-refractivity contribution in [2.45, 2.75) is 0 Å². The molecule has 1 aliphatic heterocycles. The van der Waals surface area contributed by atoms with E-state index in [-0.39, 0.29) is 23.6 Å². The quantitative estimate of drug-likeness (QED) is 0.419. The summed E-state index contributed by atoms with van der Waals surface area (Å²) in [5.41, 5.74) is 1.26. The van der Waals surface area contributed by atoms with E-state index in [9.17, 15) is 18.8 Å². The molecule has 0 bridgehead atoms. The molecular formula is C22H17FN4O3S2. The maximum absolute atomic E-state index is 13.9. The number of rotatable bonds is 6. The molecule has 1 fully saturated rings. The smallest absolute Gasteiger partial charge is 0.293 e. The molecule has 32 heavy (non-hydrogen) atoms. The Morgan fingerprint density at radius 2 is 1.84 bits per heavy atom. The van der Waals surface area contributed by atoms with Crippen LogP contribution in [0.2, 0.25) is 0 Å². The SMILES string of the molecule is O=C(NCCN1C(=O)S/C(=C\c2ccccc2F)C1=O)c1c[nH]c(=S)n1-c1ccccc1. The minimum absolute atomic E-state index is 0.0124. The van der Waals surface area contributed by atoms with E-state index in [0.717, 1.165) is 22.3 Å². The van der Waals surface area contributed by atoms with E-state index in [1.54, 1.807) is 16.7 Å². The van der Waals surface area contributed by atoms with Crippen molar-refractivity contribution >= 4 is 47.1 Å². The number of nitrogens with one attached hydrogen (secondary N) is 2. The van der Waals surface area contributed by atoms with Gasteiger partial charge in [-0.25, -0.2) is 4.39 Å². The van der Waals surface area contributed by atoms with Crippen LogP contribution in [-0.2, 0) is 4.79 Å². The van der Waals surface area contributed by atoms with Gasteiger partial charge in [0.1, 0.15) is 11.5 Å². The summed E-state index contributed by atoms with van der Waals surface area (Å²) >= 11 is 6.01. The Morgan fingerprint density at radius 1 is 1.12 bits per heavy atom. The number of hydrogen-bond donors (Lipinski definition) is 2. The minimum Gasteiger partial charge on any atom is -0.349 e.